The summed E-state index contributed by atoms with van der Waals surface area (Å²) < 4.78 is 0. The molecule has 0 aromatic carbocycles. The van der Waals surface area contributed by atoms with E-state index in [1.54, 1.807) is 0 Å². The second kappa shape index (κ2) is 4.03. The maximum Gasteiger partial charge on any atom is 0.125 e. The van der Waals surface area contributed by atoms with Crippen LogP contribution in [-0.2, 0) is 0 Å². The van der Waals surface area contributed by atoms with E-state index in [1.807, 2.05) is 32.9 Å². The smallest absolute Gasteiger partial charge is 0.125 e. The van der Waals surface area contributed by atoms with E-state index in [9.17, 15) is 0 Å². The van der Waals surface area contributed by atoms with Gasteiger partial charge in [0.25, 0.3) is 0 Å². The number of hydrogen-bond donors (Lipinski definition) is 1. The zero-order chi connectivity index (χ0) is 9.84. The largest absolute Gasteiger partial charge is 0.384 e. The number of aromatic nitrogens is 1. The number of amidine groups is 1. The lowest BCUT2D eigenvalue weighted by Crippen LogP contribution is -2.14. The standard InChI is InChI=1S/C10H15N3/c1-4-12-10(11)9-5-7(2)13-8(3)6-9/h5-6H,4H2,1-3H3,(H2,11,12). The van der Waals surface area contributed by atoms with Gasteiger partial charge in [0.15, 0.2) is 0 Å². The van der Waals surface area contributed by atoms with Crippen LogP contribution in [0.15, 0.2) is 17.1 Å². The molecule has 0 aliphatic carbocycles. The Balaban J connectivity index is 3.08. The van der Waals surface area contributed by atoms with Crippen LogP contribution in [0.25, 0.3) is 0 Å². The number of pyridine rings is 1. The molecule has 3 heteroatoms. The average Bonchev–Trinajstić information content (AvgIpc) is 2.03. The van der Waals surface area contributed by atoms with Crippen LogP contribution in [0, 0.1) is 13.8 Å². The fraction of sp³-hybridized carbons (Fsp3) is 0.400. The molecule has 2 N–H and O–H groups in total. The first-order valence-electron chi connectivity index (χ1n) is 4.39. The molecule has 3 nitrogen and oxygen atoms in total. The van der Waals surface area contributed by atoms with Gasteiger partial charge in [0.1, 0.15) is 5.84 Å². The van der Waals surface area contributed by atoms with E-state index < -0.39 is 0 Å². The molecular weight excluding hydrogens is 162 g/mol. The molecule has 1 aromatic heterocycles. The predicted molar refractivity (Wildman–Crippen MR) is 55.0 cm³/mol. The summed E-state index contributed by atoms with van der Waals surface area (Å²) in [5.41, 5.74) is 8.68. The summed E-state index contributed by atoms with van der Waals surface area (Å²) in [7, 11) is 0. The van der Waals surface area contributed by atoms with Crippen LogP contribution in [0.4, 0.5) is 0 Å². The van der Waals surface area contributed by atoms with Gasteiger partial charge in [-0.25, -0.2) is 0 Å². The minimum atomic E-state index is 0.594. The van der Waals surface area contributed by atoms with Crippen molar-refractivity contribution in [3.63, 3.8) is 0 Å². The molecule has 0 saturated carbocycles. The van der Waals surface area contributed by atoms with Crippen LogP contribution in [0.2, 0.25) is 0 Å². The Kier molecular flexibility index (Phi) is 3.01. The van der Waals surface area contributed by atoms with Gasteiger partial charge in [0.2, 0.25) is 0 Å². The van der Waals surface area contributed by atoms with Crippen molar-refractivity contribution in [1.82, 2.24) is 4.98 Å². The van der Waals surface area contributed by atoms with E-state index in [0.717, 1.165) is 17.0 Å². The summed E-state index contributed by atoms with van der Waals surface area (Å²) in [5, 5.41) is 0. The summed E-state index contributed by atoms with van der Waals surface area (Å²) in [6.45, 7) is 6.59. The molecule has 0 bridgehead atoms. The van der Waals surface area contributed by atoms with Crippen molar-refractivity contribution in [2.75, 3.05) is 6.54 Å². The van der Waals surface area contributed by atoms with Gasteiger partial charge in [0.05, 0.1) is 0 Å². The van der Waals surface area contributed by atoms with Crippen molar-refractivity contribution in [2.24, 2.45) is 10.7 Å². The number of nitrogens with two attached hydrogens (primary N) is 1. The molecule has 0 unspecified atom stereocenters. The Morgan fingerprint density at radius 1 is 1.38 bits per heavy atom. The molecule has 0 amide bonds. The fourth-order valence-corrected chi connectivity index (χ4v) is 1.24. The molecular formula is C10H15N3. The Morgan fingerprint density at radius 2 is 1.92 bits per heavy atom. The first-order valence-corrected chi connectivity index (χ1v) is 4.39. The van der Waals surface area contributed by atoms with Gasteiger partial charge in [0, 0.05) is 23.5 Å². The number of hydrogen-bond acceptors (Lipinski definition) is 2. The summed E-state index contributed by atoms with van der Waals surface area (Å²) in [4.78, 5) is 8.41. The number of nitrogens with zero attached hydrogens (tertiary/aromatic N) is 2. The maximum atomic E-state index is 5.77. The van der Waals surface area contributed by atoms with Gasteiger partial charge < -0.3 is 5.73 Å². The highest BCUT2D eigenvalue weighted by Crippen LogP contribution is 2.04. The van der Waals surface area contributed by atoms with E-state index in [4.69, 9.17) is 5.73 Å². The van der Waals surface area contributed by atoms with Gasteiger partial charge in [-0.05, 0) is 32.9 Å². The van der Waals surface area contributed by atoms with Crippen LogP contribution >= 0.6 is 0 Å². The van der Waals surface area contributed by atoms with Crippen LogP contribution in [0.5, 0.6) is 0 Å². The van der Waals surface area contributed by atoms with Crippen molar-refractivity contribution < 1.29 is 0 Å². The van der Waals surface area contributed by atoms with Gasteiger partial charge in [-0.2, -0.15) is 0 Å². The molecule has 0 fully saturated rings. The van der Waals surface area contributed by atoms with Crippen molar-refractivity contribution in [1.29, 1.82) is 0 Å². The monoisotopic (exact) mass is 177 g/mol. The fourth-order valence-electron chi connectivity index (χ4n) is 1.24. The third-order valence-corrected chi connectivity index (χ3v) is 1.71. The van der Waals surface area contributed by atoms with Crippen molar-refractivity contribution >= 4 is 5.84 Å². The second-order valence-electron chi connectivity index (χ2n) is 3.00. The zero-order valence-corrected chi connectivity index (χ0v) is 8.33. The van der Waals surface area contributed by atoms with E-state index in [0.29, 0.717) is 12.4 Å². The highest BCUT2D eigenvalue weighted by molar-refractivity contribution is 5.97. The molecule has 70 valence electrons. The number of rotatable bonds is 2. The summed E-state index contributed by atoms with van der Waals surface area (Å²) >= 11 is 0. The van der Waals surface area contributed by atoms with Gasteiger partial charge in [-0.1, -0.05) is 0 Å². The quantitative estimate of drug-likeness (QED) is 0.548. The Hall–Kier alpha value is -1.38. The van der Waals surface area contributed by atoms with Gasteiger partial charge >= 0.3 is 0 Å². The molecule has 0 saturated heterocycles. The third-order valence-electron chi connectivity index (χ3n) is 1.71. The van der Waals surface area contributed by atoms with Gasteiger partial charge in [-0.3, -0.25) is 9.98 Å². The Labute approximate surface area is 78.7 Å². The van der Waals surface area contributed by atoms with E-state index >= 15 is 0 Å². The Bertz CT molecular complexity index is 309. The Morgan fingerprint density at radius 3 is 2.38 bits per heavy atom. The lowest BCUT2D eigenvalue weighted by Gasteiger charge is -2.03. The number of aryl methyl sites for hydroxylation is 2. The molecule has 0 atom stereocenters. The summed E-state index contributed by atoms with van der Waals surface area (Å²) in [6, 6.07) is 3.89. The van der Waals surface area contributed by atoms with Crippen LogP contribution < -0.4 is 5.73 Å². The third kappa shape index (κ3) is 2.54. The summed E-state index contributed by atoms with van der Waals surface area (Å²) in [6.07, 6.45) is 0. The topological polar surface area (TPSA) is 51.3 Å². The minimum Gasteiger partial charge on any atom is -0.384 e. The SMILES string of the molecule is CCN=C(N)c1cc(C)nc(C)c1. The van der Waals surface area contributed by atoms with E-state index in [2.05, 4.69) is 9.98 Å². The molecule has 0 spiro atoms. The molecule has 13 heavy (non-hydrogen) atoms. The molecule has 1 aromatic rings. The normalized spacial score (nSPS) is 11.8. The zero-order valence-electron chi connectivity index (χ0n) is 8.33. The van der Waals surface area contributed by atoms with E-state index in [1.165, 1.54) is 0 Å². The highest BCUT2D eigenvalue weighted by Gasteiger charge is 1.99. The molecule has 0 aliphatic rings. The first-order chi connectivity index (χ1) is 6.13. The van der Waals surface area contributed by atoms with Crippen LogP contribution in [0.3, 0.4) is 0 Å². The summed E-state index contributed by atoms with van der Waals surface area (Å²) in [5.74, 6) is 0.594. The van der Waals surface area contributed by atoms with Crippen molar-refractivity contribution in [3.05, 3.63) is 29.1 Å². The first kappa shape index (κ1) is 9.71. The van der Waals surface area contributed by atoms with Crippen LogP contribution in [0.1, 0.15) is 23.9 Å². The van der Waals surface area contributed by atoms with Crippen molar-refractivity contribution in [2.45, 2.75) is 20.8 Å². The molecule has 0 aliphatic heterocycles. The average molecular weight is 177 g/mol. The maximum absolute atomic E-state index is 5.77. The predicted octanol–water partition coefficient (Wildman–Crippen LogP) is 1.42. The molecule has 1 heterocycles. The molecule has 0 radical (unpaired) electrons. The van der Waals surface area contributed by atoms with Crippen LogP contribution in [-0.4, -0.2) is 17.4 Å². The lowest BCUT2D eigenvalue weighted by atomic mass is 10.2. The second-order valence-corrected chi connectivity index (χ2v) is 3.00. The highest BCUT2D eigenvalue weighted by atomic mass is 14.8. The number of aliphatic imine (C=N–C) groups is 1. The lowest BCUT2D eigenvalue weighted by molar-refractivity contribution is 1.10. The minimum absolute atomic E-state index is 0.594. The van der Waals surface area contributed by atoms with E-state index in [-0.39, 0.29) is 0 Å². The van der Waals surface area contributed by atoms with Crippen molar-refractivity contribution in [3.8, 4) is 0 Å². The van der Waals surface area contributed by atoms with Gasteiger partial charge in [-0.15, -0.1) is 0 Å². The molecule has 1 rings (SSSR count).